The van der Waals surface area contributed by atoms with Crippen molar-refractivity contribution in [3.05, 3.63) is 74.6 Å². The molecule has 154 valence electrons. The second-order valence-electron chi connectivity index (χ2n) is 6.89. The third-order valence-electron chi connectivity index (χ3n) is 4.86. The van der Waals surface area contributed by atoms with E-state index in [1.165, 1.54) is 23.5 Å². The molecule has 0 radical (unpaired) electrons. The lowest BCUT2D eigenvalue weighted by molar-refractivity contribution is 0.269. The molecule has 0 fully saturated rings. The molecule has 0 amide bonds. The van der Waals surface area contributed by atoms with E-state index < -0.39 is 0 Å². The predicted molar refractivity (Wildman–Crippen MR) is 117 cm³/mol. The number of ether oxygens (including phenoxy) is 2. The summed E-state index contributed by atoms with van der Waals surface area (Å²) in [5.41, 5.74) is 2.40. The summed E-state index contributed by atoms with van der Waals surface area (Å²) in [6.45, 7) is 6.56. The van der Waals surface area contributed by atoms with Crippen LogP contribution in [0.25, 0.3) is 21.6 Å². The number of thiophene rings is 1. The van der Waals surface area contributed by atoms with Gasteiger partial charge in [-0.1, -0.05) is 12.1 Å². The highest BCUT2D eigenvalue weighted by atomic mass is 32.1. The molecule has 0 spiro atoms. The molecule has 2 heterocycles. The summed E-state index contributed by atoms with van der Waals surface area (Å²) < 4.78 is 24.7. The Labute approximate surface area is 177 Å². The topological polar surface area (TPSA) is 64.2 Å². The van der Waals surface area contributed by atoms with Gasteiger partial charge >= 0.3 is 0 Å². The van der Waals surface area contributed by atoms with Gasteiger partial charge in [-0.2, -0.15) is 0 Å². The summed E-state index contributed by atoms with van der Waals surface area (Å²) in [6, 6.07) is 11.6. The lowest BCUT2D eigenvalue weighted by Crippen LogP contribution is -2.09. The normalized spacial score (nSPS) is 11.1. The molecular weight excluding hydrogens is 403 g/mol. The number of hydrogen-bond donors (Lipinski definition) is 1. The number of nitrogens with one attached hydrogen (secondary N) is 1. The van der Waals surface area contributed by atoms with Crippen molar-refractivity contribution < 1.29 is 13.9 Å². The molecular formula is C23H21FN2O3S. The molecule has 0 aliphatic heterocycles. The molecule has 1 N–H and O–H groups in total. The summed E-state index contributed by atoms with van der Waals surface area (Å²) in [6.07, 6.45) is 0. The van der Waals surface area contributed by atoms with Gasteiger partial charge < -0.3 is 14.5 Å². The molecule has 0 atom stereocenters. The van der Waals surface area contributed by atoms with Crippen LogP contribution in [0.3, 0.4) is 0 Å². The molecule has 0 bridgehead atoms. The number of H-pyrrole nitrogens is 1. The summed E-state index contributed by atoms with van der Waals surface area (Å²) in [7, 11) is 0. The third-order valence-corrected chi connectivity index (χ3v) is 5.96. The number of aromatic nitrogens is 2. The quantitative estimate of drug-likeness (QED) is 0.451. The zero-order valence-corrected chi connectivity index (χ0v) is 17.7. The van der Waals surface area contributed by atoms with Gasteiger partial charge in [0.2, 0.25) is 0 Å². The van der Waals surface area contributed by atoms with E-state index in [0.717, 1.165) is 26.4 Å². The van der Waals surface area contributed by atoms with E-state index in [1.807, 2.05) is 26.8 Å². The first kappa shape index (κ1) is 20.1. The van der Waals surface area contributed by atoms with Crippen LogP contribution >= 0.6 is 11.3 Å². The highest BCUT2D eigenvalue weighted by Gasteiger charge is 2.15. The molecule has 5 nitrogen and oxygen atoms in total. The summed E-state index contributed by atoms with van der Waals surface area (Å²) in [5.74, 6) is 1.32. The average molecular weight is 424 g/mol. The molecule has 0 saturated heterocycles. The van der Waals surface area contributed by atoms with E-state index in [-0.39, 0.29) is 18.0 Å². The molecule has 0 aliphatic rings. The molecule has 7 heteroatoms. The standard InChI is InChI=1S/C23H21FN2O3S/c1-4-28-19-11-16(7-10-18(19)29-12-15-5-8-17(24)9-6-15)21-25-22(27)20-13(2)14(3)30-23(20)26-21/h5-11H,4,12H2,1-3H3,(H,25,26,27). The van der Waals surface area contributed by atoms with Crippen molar-refractivity contribution in [1.82, 2.24) is 9.97 Å². The minimum Gasteiger partial charge on any atom is -0.490 e. The summed E-state index contributed by atoms with van der Waals surface area (Å²) in [5, 5.41) is 0.644. The fourth-order valence-electron chi connectivity index (χ4n) is 3.18. The van der Waals surface area contributed by atoms with Crippen molar-refractivity contribution in [2.75, 3.05) is 6.61 Å². The maximum absolute atomic E-state index is 13.1. The second-order valence-corrected chi connectivity index (χ2v) is 8.09. The molecule has 0 aliphatic carbocycles. The van der Waals surface area contributed by atoms with Crippen molar-refractivity contribution in [2.45, 2.75) is 27.4 Å². The van der Waals surface area contributed by atoms with E-state index >= 15 is 0 Å². The van der Waals surface area contributed by atoms with Crippen LogP contribution in [0.4, 0.5) is 4.39 Å². The van der Waals surface area contributed by atoms with E-state index in [4.69, 9.17) is 9.47 Å². The Hall–Kier alpha value is -3.19. The van der Waals surface area contributed by atoms with Gasteiger partial charge in [-0.05, 0) is 62.2 Å². The second kappa shape index (κ2) is 8.28. The number of nitrogens with zero attached hydrogens (tertiary/aromatic N) is 1. The van der Waals surface area contributed by atoms with Crippen molar-refractivity contribution in [3.63, 3.8) is 0 Å². The van der Waals surface area contributed by atoms with Crippen LogP contribution in [0.5, 0.6) is 11.5 Å². The highest BCUT2D eigenvalue weighted by Crippen LogP contribution is 2.33. The van der Waals surface area contributed by atoms with E-state index in [9.17, 15) is 9.18 Å². The average Bonchev–Trinajstić information content (AvgIpc) is 3.02. The Morgan fingerprint density at radius 3 is 2.57 bits per heavy atom. The molecule has 2 aromatic carbocycles. The maximum Gasteiger partial charge on any atom is 0.260 e. The van der Waals surface area contributed by atoms with Crippen LogP contribution in [0.15, 0.2) is 47.3 Å². The van der Waals surface area contributed by atoms with E-state index in [2.05, 4.69) is 9.97 Å². The molecule has 4 rings (SSSR count). The lowest BCUT2D eigenvalue weighted by atomic mass is 10.1. The Morgan fingerprint density at radius 1 is 1.07 bits per heavy atom. The van der Waals surface area contributed by atoms with Gasteiger partial charge in [-0.3, -0.25) is 4.79 Å². The predicted octanol–water partition coefficient (Wildman–Crippen LogP) is 5.39. The highest BCUT2D eigenvalue weighted by molar-refractivity contribution is 7.18. The van der Waals surface area contributed by atoms with Crippen molar-refractivity contribution in [1.29, 1.82) is 0 Å². The van der Waals surface area contributed by atoms with Gasteiger partial charge in [0.1, 0.15) is 23.1 Å². The number of aryl methyl sites for hydroxylation is 2. The first-order valence-corrected chi connectivity index (χ1v) is 10.4. The number of halogens is 1. The Bertz CT molecular complexity index is 1260. The third kappa shape index (κ3) is 3.93. The SMILES string of the molecule is CCOc1cc(-c2nc3sc(C)c(C)c3c(=O)[nH]2)ccc1OCc1ccc(F)cc1. The van der Waals surface area contributed by atoms with Gasteiger partial charge in [0.05, 0.1) is 12.0 Å². The van der Waals surface area contributed by atoms with Gasteiger partial charge in [-0.25, -0.2) is 9.37 Å². The number of rotatable bonds is 6. The number of fused-ring (bicyclic) bond motifs is 1. The molecule has 0 saturated carbocycles. The first-order chi connectivity index (χ1) is 14.5. The lowest BCUT2D eigenvalue weighted by Gasteiger charge is -2.13. The fraction of sp³-hybridized carbons (Fsp3) is 0.217. The monoisotopic (exact) mass is 424 g/mol. The van der Waals surface area contributed by atoms with Crippen LogP contribution in [0.1, 0.15) is 22.9 Å². The zero-order valence-electron chi connectivity index (χ0n) is 16.9. The molecule has 2 aromatic heterocycles. The van der Waals surface area contributed by atoms with Gasteiger partial charge in [-0.15, -0.1) is 11.3 Å². The van der Waals surface area contributed by atoms with Crippen molar-refractivity contribution >= 4 is 21.6 Å². The van der Waals surface area contributed by atoms with Crippen LogP contribution < -0.4 is 15.0 Å². The van der Waals surface area contributed by atoms with Crippen molar-refractivity contribution in [2.24, 2.45) is 0 Å². The molecule has 4 aromatic rings. The fourth-order valence-corrected chi connectivity index (χ4v) is 4.21. The minimum atomic E-state index is -0.285. The van der Waals surface area contributed by atoms with Crippen LogP contribution in [-0.4, -0.2) is 16.6 Å². The Balaban J connectivity index is 1.66. The smallest absolute Gasteiger partial charge is 0.260 e. The largest absolute Gasteiger partial charge is 0.490 e. The van der Waals surface area contributed by atoms with Gasteiger partial charge in [0.15, 0.2) is 11.5 Å². The van der Waals surface area contributed by atoms with E-state index in [0.29, 0.717) is 29.3 Å². The zero-order chi connectivity index (χ0) is 21.3. The first-order valence-electron chi connectivity index (χ1n) is 9.60. The maximum atomic E-state index is 13.1. The van der Waals surface area contributed by atoms with Gasteiger partial charge in [0.25, 0.3) is 5.56 Å². The minimum absolute atomic E-state index is 0.147. The summed E-state index contributed by atoms with van der Waals surface area (Å²) in [4.78, 5) is 21.9. The van der Waals surface area contributed by atoms with Crippen LogP contribution in [0, 0.1) is 19.7 Å². The Morgan fingerprint density at radius 2 is 1.83 bits per heavy atom. The number of aromatic amines is 1. The van der Waals surface area contributed by atoms with Crippen molar-refractivity contribution in [3.8, 4) is 22.9 Å². The number of hydrogen-bond acceptors (Lipinski definition) is 5. The van der Waals surface area contributed by atoms with E-state index in [1.54, 1.807) is 24.3 Å². The summed E-state index contributed by atoms with van der Waals surface area (Å²) >= 11 is 1.51. The van der Waals surface area contributed by atoms with Gasteiger partial charge in [0, 0.05) is 10.4 Å². The number of benzene rings is 2. The van der Waals surface area contributed by atoms with Crippen LogP contribution in [0.2, 0.25) is 0 Å². The molecule has 30 heavy (non-hydrogen) atoms. The van der Waals surface area contributed by atoms with Crippen LogP contribution in [-0.2, 0) is 6.61 Å². The Kier molecular flexibility index (Phi) is 5.55. The molecule has 0 unspecified atom stereocenters.